The summed E-state index contributed by atoms with van der Waals surface area (Å²) in [5.41, 5.74) is -0.503. The lowest BCUT2D eigenvalue weighted by atomic mass is 10.1. The Kier molecular flexibility index (Phi) is 4.20. The zero-order valence-electron chi connectivity index (χ0n) is 9.55. The van der Waals surface area contributed by atoms with Crippen molar-refractivity contribution in [3.8, 4) is 0 Å². The first-order chi connectivity index (χ1) is 7.22. The molecule has 96 valence electrons. The number of aliphatic hydroxyl groups is 1. The van der Waals surface area contributed by atoms with Crippen LogP contribution in [0.1, 0.15) is 20.3 Å². The number of nitrogens with zero attached hydrogens (tertiary/aromatic N) is 1. The monoisotopic (exact) mass is 241 g/mol. The van der Waals surface area contributed by atoms with Crippen molar-refractivity contribution in [3.05, 3.63) is 0 Å². The zero-order valence-corrected chi connectivity index (χ0v) is 9.55. The van der Waals surface area contributed by atoms with E-state index in [1.807, 2.05) is 13.8 Å². The molecule has 1 N–H and O–H groups in total. The Balaban J connectivity index is 2.47. The summed E-state index contributed by atoms with van der Waals surface area (Å²) in [6, 6.07) is 0. The molecule has 1 saturated heterocycles. The quantitative estimate of drug-likeness (QED) is 0.811. The molecule has 0 aromatic heterocycles. The second-order valence-corrected chi connectivity index (χ2v) is 4.78. The Hall–Kier alpha value is -0.330. The van der Waals surface area contributed by atoms with Crippen LogP contribution in [0.15, 0.2) is 0 Å². The molecule has 1 heterocycles. The largest absolute Gasteiger partial charge is 0.394 e. The van der Waals surface area contributed by atoms with Gasteiger partial charge in [0.2, 0.25) is 0 Å². The van der Waals surface area contributed by atoms with Crippen molar-refractivity contribution >= 4 is 0 Å². The van der Waals surface area contributed by atoms with Gasteiger partial charge < -0.3 is 9.84 Å². The second kappa shape index (κ2) is 4.89. The smallest absolute Gasteiger partial charge is 0.390 e. The Labute approximate surface area is 93.2 Å². The van der Waals surface area contributed by atoms with Crippen molar-refractivity contribution in [2.24, 2.45) is 0 Å². The van der Waals surface area contributed by atoms with Crippen molar-refractivity contribution < 1.29 is 23.0 Å². The number of ether oxygens (including phenoxy) is 1. The van der Waals surface area contributed by atoms with Gasteiger partial charge in [0.25, 0.3) is 0 Å². The average Bonchev–Trinajstić information content (AvgIpc) is 2.11. The van der Waals surface area contributed by atoms with E-state index in [1.165, 1.54) is 0 Å². The van der Waals surface area contributed by atoms with Gasteiger partial charge in [0.1, 0.15) is 0 Å². The molecule has 0 aliphatic carbocycles. The number of alkyl halides is 3. The maximum atomic E-state index is 12.1. The Bertz CT molecular complexity index is 231. The Morgan fingerprint density at radius 2 is 2.06 bits per heavy atom. The van der Waals surface area contributed by atoms with E-state index in [0.29, 0.717) is 13.1 Å². The van der Waals surface area contributed by atoms with Crippen LogP contribution in [-0.2, 0) is 4.74 Å². The first-order valence-corrected chi connectivity index (χ1v) is 5.30. The minimum Gasteiger partial charge on any atom is -0.394 e. The normalized spacial score (nSPS) is 27.0. The molecule has 1 rings (SSSR count). The summed E-state index contributed by atoms with van der Waals surface area (Å²) in [7, 11) is 0. The third-order valence-electron chi connectivity index (χ3n) is 2.47. The molecule has 0 bridgehead atoms. The number of hydrogen-bond acceptors (Lipinski definition) is 3. The van der Waals surface area contributed by atoms with Gasteiger partial charge in [-0.1, -0.05) is 0 Å². The lowest BCUT2D eigenvalue weighted by molar-refractivity contribution is -0.166. The maximum absolute atomic E-state index is 12.1. The van der Waals surface area contributed by atoms with E-state index in [9.17, 15) is 13.2 Å². The number of rotatable bonds is 3. The predicted molar refractivity (Wildman–Crippen MR) is 53.1 cm³/mol. The molecule has 0 amide bonds. The van der Waals surface area contributed by atoms with Crippen molar-refractivity contribution in [1.29, 1.82) is 0 Å². The molecule has 1 unspecified atom stereocenters. The minimum atomic E-state index is -4.13. The molecule has 0 aromatic carbocycles. The number of morpholine rings is 1. The Morgan fingerprint density at radius 1 is 1.44 bits per heavy atom. The fourth-order valence-electron chi connectivity index (χ4n) is 1.97. The van der Waals surface area contributed by atoms with Crippen LogP contribution in [0.4, 0.5) is 13.2 Å². The molecule has 0 spiro atoms. The second-order valence-electron chi connectivity index (χ2n) is 4.78. The van der Waals surface area contributed by atoms with E-state index < -0.39 is 24.3 Å². The molecule has 1 fully saturated rings. The number of hydrogen-bond donors (Lipinski definition) is 1. The van der Waals surface area contributed by atoms with Crippen LogP contribution in [-0.4, -0.2) is 54.1 Å². The van der Waals surface area contributed by atoms with E-state index in [4.69, 9.17) is 9.84 Å². The van der Waals surface area contributed by atoms with Gasteiger partial charge in [0.15, 0.2) is 0 Å². The summed E-state index contributed by atoms with van der Waals surface area (Å²) in [4.78, 5) is 1.69. The molecule has 0 aromatic rings. The van der Waals surface area contributed by atoms with Crippen LogP contribution in [0.2, 0.25) is 0 Å². The highest BCUT2D eigenvalue weighted by Crippen LogP contribution is 2.24. The van der Waals surface area contributed by atoms with E-state index in [-0.39, 0.29) is 13.2 Å². The van der Waals surface area contributed by atoms with Crippen LogP contribution in [0.3, 0.4) is 0 Å². The van der Waals surface area contributed by atoms with Gasteiger partial charge in [0.05, 0.1) is 24.7 Å². The van der Waals surface area contributed by atoms with Crippen LogP contribution in [0.5, 0.6) is 0 Å². The summed E-state index contributed by atoms with van der Waals surface area (Å²) < 4.78 is 41.7. The lowest BCUT2D eigenvalue weighted by Gasteiger charge is -2.42. The van der Waals surface area contributed by atoms with Gasteiger partial charge >= 0.3 is 6.18 Å². The van der Waals surface area contributed by atoms with Crippen molar-refractivity contribution in [3.63, 3.8) is 0 Å². The van der Waals surface area contributed by atoms with Gasteiger partial charge in [-0.2, -0.15) is 13.2 Å². The molecule has 1 aliphatic heterocycles. The topological polar surface area (TPSA) is 32.7 Å². The highest BCUT2D eigenvalue weighted by Gasteiger charge is 2.35. The van der Waals surface area contributed by atoms with Crippen LogP contribution in [0, 0.1) is 0 Å². The van der Waals surface area contributed by atoms with Crippen LogP contribution >= 0.6 is 0 Å². The van der Waals surface area contributed by atoms with Gasteiger partial charge in [0, 0.05) is 19.6 Å². The van der Waals surface area contributed by atoms with Crippen molar-refractivity contribution in [2.45, 2.75) is 38.1 Å². The van der Waals surface area contributed by atoms with Gasteiger partial charge in [-0.15, -0.1) is 0 Å². The van der Waals surface area contributed by atoms with Crippen molar-refractivity contribution in [1.82, 2.24) is 4.90 Å². The molecule has 1 aliphatic rings. The molecule has 1 atom stereocenters. The van der Waals surface area contributed by atoms with E-state index in [2.05, 4.69) is 0 Å². The molecular weight excluding hydrogens is 223 g/mol. The van der Waals surface area contributed by atoms with E-state index in [1.54, 1.807) is 4.90 Å². The third kappa shape index (κ3) is 4.67. The summed E-state index contributed by atoms with van der Waals surface area (Å²) in [5.74, 6) is 0. The Morgan fingerprint density at radius 3 is 2.56 bits per heavy atom. The highest BCUT2D eigenvalue weighted by atomic mass is 19.4. The zero-order chi connectivity index (χ0) is 12.4. The highest BCUT2D eigenvalue weighted by molar-refractivity contribution is 4.84. The minimum absolute atomic E-state index is 0.0349. The average molecular weight is 241 g/mol. The summed E-state index contributed by atoms with van der Waals surface area (Å²) >= 11 is 0. The standard InChI is InChI=1S/C10H18F3NO2/c1-9(2)7-14(4-3-10(11,12)13)5-8(6-15)16-9/h8,15H,3-7H2,1-2H3. The molecule has 3 nitrogen and oxygen atoms in total. The van der Waals surface area contributed by atoms with E-state index >= 15 is 0 Å². The van der Waals surface area contributed by atoms with Gasteiger partial charge in [-0.05, 0) is 13.8 Å². The third-order valence-corrected chi connectivity index (χ3v) is 2.47. The first kappa shape index (κ1) is 13.7. The molecule has 0 radical (unpaired) electrons. The first-order valence-electron chi connectivity index (χ1n) is 5.30. The summed E-state index contributed by atoms with van der Waals surface area (Å²) in [5, 5.41) is 9.00. The van der Waals surface area contributed by atoms with Gasteiger partial charge in [-0.25, -0.2) is 0 Å². The summed E-state index contributed by atoms with van der Waals surface area (Å²) in [6.45, 7) is 4.25. The number of aliphatic hydroxyl groups excluding tert-OH is 1. The molecule has 0 saturated carbocycles. The molecular formula is C10H18F3NO2. The van der Waals surface area contributed by atoms with Crippen LogP contribution in [0.25, 0.3) is 0 Å². The number of halogens is 3. The lowest BCUT2D eigenvalue weighted by Crippen LogP contribution is -2.54. The fourth-order valence-corrected chi connectivity index (χ4v) is 1.97. The maximum Gasteiger partial charge on any atom is 0.390 e. The van der Waals surface area contributed by atoms with Crippen LogP contribution < -0.4 is 0 Å². The molecule has 6 heteroatoms. The van der Waals surface area contributed by atoms with Crippen molar-refractivity contribution in [2.75, 3.05) is 26.2 Å². The molecule has 16 heavy (non-hydrogen) atoms. The fraction of sp³-hybridized carbons (Fsp3) is 1.00. The summed E-state index contributed by atoms with van der Waals surface area (Å²) in [6.07, 6.45) is -5.34. The predicted octanol–water partition coefficient (Wildman–Crippen LogP) is 1.41. The van der Waals surface area contributed by atoms with Gasteiger partial charge in [-0.3, -0.25) is 4.90 Å². The SMILES string of the molecule is CC1(C)CN(CCC(F)(F)F)CC(CO)O1. The van der Waals surface area contributed by atoms with E-state index in [0.717, 1.165) is 0 Å².